The molecule has 0 radical (unpaired) electrons. The second kappa shape index (κ2) is 8.16. The number of hydrogen-bond donors (Lipinski definition) is 0. The van der Waals surface area contributed by atoms with E-state index < -0.39 is 0 Å². The smallest absolute Gasteiger partial charge is 0.227 e. The molecular weight excluding hydrogens is 396 g/mol. The van der Waals surface area contributed by atoms with Gasteiger partial charge in [-0.2, -0.15) is 0 Å². The van der Waals surface area contributed by atoms with Crippen LogP contribution in [-0.4, -0.2) is 38.8 Å². The van der Waals surface area contributed by atoms with Gasteiger partial charge >= 0.3 is 0 Å². The molecule has 1 amide bonds. The van der Waals surface area contributed by atoms with Crippen molar-refractivity contribution in [2.75, 3.05) is 17.2 Å². The standard InChI is InChI=1S/C20H17ClN4O2S/c21-15-3-1-4-17(11-15)25-13-22-23-20(25)28-12-18(26)14-6-8-16(9-7-14)24-10-2-5-19(24)27/h1,3-4,6-9,11,13H,2,5,10,12H2. The van der Waals surface area contributed by atoms with Crippen LogP contribution in [0.15, 0.2) is 60.0 Å². The minimum absolute atomic E-state index is 0.00931. The van der Waals surface area contributed by atoms with Crippen LogP contribution in [0, 0.1) is 0 Å². The molecule has 2 aromatic carbocycles. The summed E-state index contributed by atoms with van der Waals surface area (Å²) in [6.45, 7) is 0.737. The predicted octanol–water partition coefficient (Wildman–Crippen LogP) is 4.02. The molecule has 0 unspecified atom stereocenters. The number of rotatable bonds is 6. The van der Waals surface area contributed by atoms with Gasteiger partial charge in [0.2, 0.25) is 5.91 Å². The highest BCUT2D eigenvalue weighted by Gasteiger charge is 2.21. The van der Waals surface area contributed by atoms with Gasteiger partial charge in [0.05, 0.1) is 11.4 Å². The number of hydrogen-bond acceptors (Lipinski definition) is 5. The lowest BCUT2D eigenvalue weighted by molar-refractivity contribution is -0.117. The lowest BCUT2D eigenvalue weighted by atomic mass is 10.1. The van der Waals surface area contributed by atoms with Gasteiger partial charge in [0.15, 0.2) is 10.9 Å². The third-order valence-corrected chi connectivity index (χ3v) is 5.69. The molecule has 1 fully saturated rings. The van der Waals surface area contributed by atoms with Crippen LogP contribution in [0.25, 0.3) is 5.69 Å². The molecule has 2 heterocycles. The van der Waals surface area contributed by atoms with Crippen LogP contribution in [0.2, 0.25) is 5.02 Å². The summed E-state index contributed by atoms with van der Waals surface area (Å²) in [7, 11) is 0. The molecule has 0 N–H and O–H groups in total. The van der Waals surface area contributed by atoms with Crippen LogP contribution in [0.5, 0.6) is 0 Å². The van der Waals surface area contributed by atoms with E-state index in [-0.39, 0.29) is 17.4 Å². The Kier molecular flexibility index (Phi) is 5.45. The molecule has 0 atom stereocenters. The van der Waals surface area contributed by atoms with E-state index in [1.165, 1.54) is 11.8 Å². The largest absolute Gasteiger partial charge is 0.312 e. The Balaban J connectivity index is 1.43. The van der Waals surface area contributed by atoms with Crippen LogP contribution >= 0.6 is 23.4 Å². The van der Waals surface area contributed by atoms with Crippen molar-refractivity contribution in [2.24, 2.45) is 0 Å². The van der Waals surface area contributed by atoms with Gasteiger partial charge in [-0.15, -0.1) is 10.2 Å². The van der Waals surface area contributed by atoms with Crippen molar-refractivity contribution in [3.63, 3.8) is 0 Å². The lowest BCUT2D eigenvalue weighted by Crippen LogP contribution is -2.23. The Labute approximate surface area is 171 Å². The van der Waals surface area contributed by atoms with E-state index in [4.69, 9.17) is 11.6 Å². The van der Waals surface area contributed by atoms with Crippen LogP contribution in [0.4, 0.5) is 5.69 Å². The second-order valence-corrected chi connectivity index (χ2v) is 7.75. The number of carbonyl (C=O) groups excluding carboxylic acids is 2. The van der Waals surface area contributed by atoms with E-state index in [0.717, 1.165) is 24.3 Å². The topological polar surface area (TPSA) is 68.1 Å². The molecule has 142 valence electrons. The van der Waals surface area contributed by atoms with Crippen molar-refractivity contribution < 1.29 is 9.59 Å². The third-order valence-electron chi connectivity index (χ3n) is 4.51. The number of benzene rings is 2. The van der Waals surface area contributed by atoms with Crippen molar-refractivity contribution in [1.29, 1.82) is 0 Å². The van der Waals surface area contributed by atoms with E-state index in [9.17, 15) is 9.59 Å². The van der Waals surface area contributed by atoms with E-state index in [0.29, 0.717) is 22.2 Å². The summed E-state index contributed by atoms with van der Waals surface area (Å²) in [6, 6.07) is 14.6. The molecule has 3 aromatic rings. The van der Waals surface area contributed by atoms with Gasteiger partial charge in [-0.1, -0.05) is 29.4 Å². The molecule has 0 bridgehead atoms. The molecule has 1 aromatic heterocycles. The summed E-state index contributed by atoms with van der Waals surface area (Å²) in [5.41, 5.74) is 2.29. The number of halogens is 1. The zero-order valence-corrected chi connectivity index (χ0v) is 16.5. The van der Waals surface area contributed by atoms with Crippen LogP contribution in [-0.2, 0) is 4.79 Å². The molecule has 1 aliphatic heterocycles. The van der Waals surface area contributed by atoms with E-state index in [1.807, 2.05) is 30.3 Å². The summed E-state index contributed by atoms with van der Waals surface area (Å²) in [5, 5.41) is 9.28. The van der Waals surface area contributed by atoms with Crippen LogP contribution in [0.3, 0.4) is 0 Å². The van der Waals surface area contributed by atoms with Crippen LogP contribution in [0.1, 0.15) is 23.2 Å². The fourth-order valence-electron chi connectivity index (χ4n) is 3.09. The maximum Gasteiger partial charge on any atom is 0.227 e. The first-order valence-corrected chi connectivity index (χ1v) is 10.2. The summed E-state index contributed by atoms with van der Waals surface area (Å²) in [5.74, 6) is 0.362. The van der Waals surface area contributed by atoms with E-state index >= 15 is 0 Å². The van der Waals surface area contributed by atoms with Crippen LogP contribution < -0.4 is 4.90 Å². The van der Waals surface area contributed by atoms with Crippen molar-refractivity contribution in [3.8, 4) is 5.69 Å². The number of nitrogens with zero attached hydrogens (tertiary/aromatic N) is 4. The SMILES string of the molecule is O=C(CSc1nncn1-c1cccc(Cl)c1)c1ccc(N2CCCC2=O)cc1. The van der Waals surface area contributed by atoms with Gasteiger partial charge in [0.25, 0.3) is 0 Å². The van der Waals surface area contributed by atoms with Gasteiger partial charge in [-0.25, -0.2) is 0 Å². The molecule has 0 aliphatic carbocycles. The van der Waals surface area contributed by atoms with Gasteiger partial charge in [0, 0.05) is 29.2 Å². The monoisotopic (exact) mass is 412 g/mol. The highest BCUT2D eigenvalue weighted by molar-refractivity contribution is 7.99. The zero-order chi connectivity index (χ0) is 19.5. The summed E-state index contributed by atoms with van der Waals surface area (Å²) in [6.07, 6.45) is 3.06. The summed E-state index contributed by atoms with van der Waals surface area (Å²) >= 11 is 7.37. The van der Waals surface area contributed by atoms with Gasteiger partial charge in [-0.3, -0.25) is 14.2 Å². The first kappa shape index (κ1) is 18.7. The Hall–Kier alpha value is -2.64. The Bertz CT molecular complexity index is 1020. The molecular formula is C20H17ClN4O2S. The number of Topliss-reactive ketones (excluding diaryl/α,β-unsaturated/α-hetero) is 1. The average Bonchev–Trinajstić information content (AvgIpc) is 3.35. The average molecular weight is 413 g/mol. The molecule has 6 nitrogen and oxygen atoms in total. The molecule has 0 spiro atoms. The first-order chi connectivity index (χ1) is 13.6. The van der Waals surface area contributed by atoms with Gasteiger partial charge < -0.3 is 4.90 Å². The molecule has 8 heteroatoms. The Morgan fingerprint density at radius 3 is 2.68 bits per heavy atom. The lowest BCUT2D eigenvalue weighted by Gasteiger charge is -2.15. The molecule has 1 saturated heterocycles. The van der Waals surface area contributed by atoms with Gasteiger partial charge in [0.1, 0.15) is 6.33 Å². The first-order valence-electron chi connectivity index (χ1n) is 8.84. The molecule has 4 rings (SSSR count). The highest BCUT2D eigenvalue weighted by Crippen LogP contribution is 2.24. The fraction of sp³-hybridized carbons (Fsp3) is 0.200. The van der Waals surface area contributed by atoms with Gasteiger partial charge in [-0.05, 0) is 48.9 Å². The minimum Gasteiger partial charge on any atom is -0.312 e. The van der Waals surface area contributed by atoms with E-state index in [2.05, 4.69) is 10.2 Å². The summed E-state index contributed by atoms with van der Waals surface area (Å²) in [4.78, 5) is 26.1. The number of aromatic nitrogens is 3. The molecule has 28 heavy (non-hydrogen) atoms. The second-order valence-electron chi connectivity index (χ2n) is 6.37. The number of carbonyl (C=O) groups is 2. The maximum atomic E-state index is 12.6. The van der Waals surface area contributed by atoms with Crippen molar-refractivity contribution in [2.45, 2.75) is 18.0 Å². The number of thioether (sulfide) groups is 1. The summed E-state index contributed by atoms with van der Waals surface area (Å²) < 4.78 is 1.80. The molecule has 0 saturated carbocycles. The van der Waals surface area contributed by atoms with Crippen molar-refractivity contribution >= 4 is 40.7 Å². The minimum atomic E-state index is -0.00931. The Morgan fingerprint density at radius 2 is 1.96 bits per heavy atom. The zero-order valence-electron chi connectivity index (χ0n) is 14.9. The van der Waals surface area contributed by atoms with Crippen molar-refractivity contribution in [1.82, 2.24) is 14.8 Å². The van der Waals surface area contributed by atoms with Crippen molar-refractivity contribution in [3.05, 3.63) is 65.4 Å². The predicted molar refractivity (Wildman–Crippen MR) is 109 cm³/mol. The quantitative estimate of drug-likeness (QED) is 0.451. The third kappa shape index (κ3) is 3.95. The number of amides is 1. The Morgan fingerprint density at radius 1 is 1.14 bits per heavy atom. The highest BCUT2D eigenvalue weighted by atomic mass is 35.5. The number of anilines is 1. The maximum absolute atomic E-state index is 12.6. The normalized spacial score (nSPS) is 13.9. The fourth-order valence-corrected chi connectivity index (χ4v) is 4.10. The number of ketones is 1. The van der Waals surface area contributed by atoms with E-state index in [1.54, 1.807) is 34.0 Å². The molecule has 1 aliphatic rings.